The third kappa shape index (κ3) is 4.74. The second-order valence-corrected chi connectivity index (χ2v) is 7.72. The van der Waals surface area contributed by atoms with Crippen molar-refractivity contribution < 1.29 is 9.53 Å². The molecular weight excluding hydrogens is 356 g/mol. The molecule has 0 radical (unpaired) electrons. The Kier molecular flexibility index (Phi) is 5.91. The van der Waals surface area contributed by atoms with Crippen LogP contribution in [0.15, 0.2) is 48.5 Å². The molecule has 27 heavy (non-hydrogen) atoms. The Labute approximate surface area is 164 Å². The van der Waals surface area contributed by atoms with Crippen molar-refractivity contribution in [1.82, 2.24) is 10.3 Å². The molecule has 0 saturated heterocycles. The number of aromatic nitrogens is 1. The van der Waals surface area contributed by atoms with Crippen LogP contribution in [-0.2, 0) is 11.3 Å². The van der Waals surface area contributed by atoms with Crippen molar-refractivity contribution in [2.75, 3.05) is 0 Å². The molecule has 4 nitrogen and oxygen atoms in total. The molecular formula is C22H24N2O2S. The van der Waals surface area contributed by atoms with E-state index in [0.29, 0.717) is 12.3 Å². The quantitative estimate of drug-likeness (QED) is 0.667. The number of carbonyl (C=O) groups is 1. The van der Waals surface area contributed by atoms with Crippen molar-refractivity contribution in [1.29, 1.82) is 0 Å². The van der Waals surface area contributed by atoms with E-state index in [4.69, 9.17) is 4.74 Å². The van der Waals surface area contributed by atoms with Crippen LogP contribution in [0.3, 0.4) is 0 Å². The molecule has 3 aromatic rings. The van der Waals surface area contributed by atoms with Gasteiger partial charge in [0, 0.05) is 10.4 Å². The van der Waals surface area contributed by atoms with Gasteiger partial charge in [0.25, 0.3) is 5.91 Å². The van der Waals surface area contributed by atoms with E-state index >= 15 is 0 Å². The predicted molar refractivity (Wildman–Crippen MR) is 110 cm³/mol. The Morgan fingerprint density at radius 2 is 1.93 bits per heavy atom. The van der Waals surface area contributed by atoms with E-state index in [2.05, 4.69) is 29.4 Å². The molecule has 1 unspecified atom stereocenters. The first kappa shape index (κ1) is 19.1. The largest absolute Gasteiger partial charge is 0.481 e. The SMILES string of the molecule is Cc1cccc(OC(C)C(=O)NCc2sc(-c3ccccc3C)nc2C)c1. The number of carbonyl (C=O) groups excluding carboxylic acids is 1. The van der Waals surface area contributed by atoms with Crippen molar-refractivity contribution in [3.63, 3.8) is 0 Å². The van der Waals surface area contributed by atoms with E-state index < -0.39 is 6.10 Å². The van der Waals surface area contributed by atoms with Gasteiger partial charge in [-0.3, -0.25) is 4.79 Å². The smallest absolute Gasteiger partial charge is 0.261 e. The number of hydrogen-bond acceptors (Lipinski definition) is 4. The van der Waals surface area contributed by atoms with Gasteiger partial charge in [0.2, 0.25) is 0 Å². The summed E-state index contributed by atoms with van der Waals surface area (Å²) in [6.45, 7) is 8.27. The van der Waals surface area contributed by atoms with Crippen molar-refractivity contribution in [3.8, 4) is 16.3 Å². The lowest BCUT2D eigenvalue weighted by Crippen LogP contribution is -2.35. The van der Waals surface area contributed by atoms with Crippen molar-refractivity contribution in [2.24, 2.45) is 0 Å². The lowest BCUT2D eigenvalue weighted by molar-refractivity contribution is -0.127. The van der Waals surface area contributed by atoms with Crippen LogP contribution < -0.4 is 10.1 Å². The number of amides is 1. The van der Waals surface area contributed by atoms with Gasteiger partial charge in [0.15, 0.2) is 6.10 Å². The Bertz CT molecular complexity index is 949. The van der Waals surface area contributed by atoms with Gasteiger partial charge in [0.05, 0.1) is 12.2 Å². The highest BCUT2D eigenvalue weighted by Gasteiger charge is 2.16. The molecule has 2 aromatic carbocycles. The van der Waals surface area contributed by atoms with Crippen LogP contribution in [0, 0.1) is 20.8 Å². The minimum Gasteiger partial charge on any atom is -0.481 e. The number of rotatable bonds is 6. The molecule has 1 aromatic heterocycles. The molecule has 3 rings (SSSR count). The maximum atomic E-state index is 12.4. The third-order valence-electron chi connectivity index (χ3n) is 4.36. The van der Waals surface area contributed by atoms with Crippen molar-refractivity contribution in [3.05, 3.63) is 70.2 Å². The van der Waals surface area contributed by atoms with Gasteiger partial charge in [-0.1, -0.05) is 36.4 Å². The molecule has 1 heterocycles. The summed E-state index contributed by atoms with van der Waals surface area (Å²) in [5.41, 5.74) is 4.39. The molecule has 0 saturated carbocycles. The van der Waals surface area contributed by atoms with Crippen LogP contribution in [0.25, 0.3) is 10.6 Å². The van der Waals surface area contributed by atoms with Gasteiger partial charge >= 0.3 is 0 Å². The van der Waals surface area contributed by atoms with Crippen LogP contribution in [0.4, 0.5) is 0 Å². The second-order valence-electron chi connectivity index (χ2n) is 6.64. The van der Waals surface area contributed by atoms with E-state index in [1.165, 1.54) is 5.56 Å². The summed E-state index contributed by atoms with van der Waals surface area (Å²) in [6.07, 6.45) is -0.559. The second kappa shape index (κ2) is 8.35. The third-order valence-corrected chi connectivity index (χ3v) is 5.55. The van der Waals surface area contributed by atoms with Gasteiger partial charge in [-0.2, -0.15) is 0 Å². The number of aryl methyl sites for hydroxylation is 3. The first-order chi connectivity index (χ1) is 12.9. The number of hydrogen-bond donors (Lipinski definition) is 1. The highest BCUT2D eigenvalue weighted by molar-refractivity contribution is 7.15. The average molecular weight is 381 g/mol. The lowest BCUT2D eigenvalue weighted by atomic mass is 10.1. The maximum Gasteiger partial charge on any atom is 0.261 e. The molecule has 0 aliphatic carbocycles. The van der Waals surface area contributed by atoms with Crippen molar-refractivity contribution >= 4 is 17.2 Å². The average Bonchev–Trinajstić information content (AvgIpc) is 3.00. The molecule has 1 atom stereocenters. The zero-order valence-electron chi connectivity index (χ0n) is 16.1. The minimum atomic E-state index is -0.559. The van der Waals surface area contributed by atoms with Gasteiger partial charge in [-0.05, 0) is 51.0 Å². The van der Waals surface area contributed by atoms with Crippen LogP contribution in [-0.4, -0.2) is 17.0 Å². The van der Waals surface area contributed by atoms with E-state index in [-0.39, 0.29) is 5.91 Å². The highest BCUT2D eigenvalue weighted by Crippen LogP contribution is 2.30. The Balaban J connectivity index is 1.63. The summed E-state index contributed by atoms with van der Waals surface area (Å²) in [6, 6.07) is 15.9. The summed E-state index contributed by atoms with van der Waals surface area (Å²) in [5.74, 6) is 0.565. The van der Waals surface area contributed by atoms with Crippen molar-refractivity contribution in [2.45, 2.75) is 40.3 Å². The van der Waals surface area contributed by atoms with E-state index in [9.17, 15) is 4.79 Å². The van der Waals surface area contributed by atoms with Gasteiger partial charge < -0.3 is 10.1 Å². The fraction of sp³-hybridized carbons (Fsp3) is 0.273. The predicted octanol–water partition coefficient (Wildman–Crippen LogP) is 4.82. The number of ether oxygens (including phenoxy) is 1. The zero-order chi connectivity index (χ0) is 19.4. The van der Waals surface area contributed by atoms with Gasteiger partial charge in [0.1, 0.15) is 10.8 Å². The molecule has 0 fully saturated rings. The fourth-order valence-electron chi connectivity index (χ4n) is 2.78. The summed E-state index contributed by atoms with van der Waals surface area (Å²) < 4.78 is 5.74. The van der Waals surface area contributed by atoms with E-state index in [1.54, 1.807) is 18.3 Å². The number of benzene rings is 2. The molecule has 1 amide bonds. The van der Waals surface area contributed by atoms with Gasteiger partial charge in [-0.15, -0.1) is 11.3 Å². The molecule has 5 heteroatoms. The van der Waals surface area contributed by atoms with Gasteiger partial charge in [-0.25, -0.2) is 4.98 Å². The molecule has 0 aliphatic rings. The minimum absolute atomic E-state index is 0.137. The summed E-state index contributed by atoms with van der Waals surface area (Å²) >= 11 is 1.62. The fourth-order valence-corrected chi connectivity index (χ4v) is 3.87. The molecule has 0 bridgehead atoms. The Morgan fingerprint density at radius 1 is 1.15 bits per heavy atom. The first-order valence-corrected chi connectivity index (χ1v) is 9.79. The summed E-state index contributed by atoms with van der Waals surface area (Å²) in [7, 11) is 0. The van der Waals surface area contributed by atoms with Crippen LogP contribution in [0.2, 0.25) is 0 Å². The summed E-state index contributed by atoms with van der Waals surface area (Å²) in [5, 5.41) is 3.95. The zero-order valence-corrected chi connectivity index (χ0v) is 16.9. The van der Waals surface area contributed by atoms with Crippen LogP contribution in [0.1, 0.15) is 28.6 Å². The molecule has 0 spiro atoms. The lowest BCUT2D eigenvalue weighted by Gasteiger charge is -2.14. The van der Waals surface area contributed by atoms with Crippen LogP contribution >= 0.6 is 11.3 Å². The number of nitrogens with one attached hydrogen (secondary N) is 1. The monoisotopic (exact) mass is 380 g/mol. The van der Waals surface area contributed by atoms with E-state index in [1.807, 2.05) is 50.2 Å². The summed E-state index contributed by atoms with van der Waals surface area (Å²) in [4.78, 5) is 18.1. The topological polar surface area (TPSA) is 51.2 Å². The molecule has 140 valence electrons. The normalized spacial score (nSPS) is 11.9. The number of thiazole rings is 1. The maximum absolute atomic E-state index is 12.4. The number of nitrogens with zero attached hydrogens (tertiary/aromatic N) is 1. The standard InChI is InChI=1S/C22H24N2O2S/c1-14-8-7-10-18(12-14)26-17(4)21(25)23-13-20-16(3)24-22(27-20)19-11-6-5-9-15(19)2/h5-12,17H,13H2,1-4H3,(H,23,25). The molecule has 0 aliphatic heterocycles. The molecule has 1 N–H and O–H groups in total. The van der Waals surface area contributed by atoms with E-state index in [0.717, 1.165) is 26.7 Å². The van der Waals surface area contributed by atoms with Crippen LogP contribution in [0.5, 0.6) is 5.75 Å². The first-order valence-electron chi connectivity index (χ1n) is 8.97. The Morgan fingerprint density at radius 3 is 2.67 bits per heavy atom. The Hall–Kier alpha value is -2.66. The highest BCUT2D eigenvalue weighted by atomic mass is 32.1.